The normalized spacial score (nSPS) is 19.6. The van der Waals surface area contributed by atoms with Gasteiger partial charge >= 0.3 is 0 Å². The molecule has 1 fully saturated rings. The van der Waals surface area contributed by atoms with Gasteiger partial charge in [0, 0.05) is 12.5 Å². The van der Waals surface area contributed by atoms with Crippen LogP contribution in [0.25, 0.3) is 11.5 Å². The van der Waals surface area contributed by atoms with E-state index in [9.17, 15) is 0 Å². The second-order valence-electron chi connectivity index (χ2n) is 4.43. The van der Waals surface area contributed by atoms with Gasteiger partial charge in [-0.15, -0.1) is 0 Å². The number of hydrogen-bond donors (Lipinski definition) is 0. The van der Waals surface area contributed by atoms with Gasteiger partial charge in [0.05, 0.1) is 12.3 Å². The lowest BCUT2D eigenvalue weighted by atomic mass is 10.1. The lowest BCUT2D eigenvalue weighted by Crippen LogP contribution is -1.99. The van der Waals surface area contributed by atoms with Crippen molar-refractivity contribution in [3.05, 3.63) is 17.3 Å². The first-order chi connectivity index (χ1) is 8.79. The van der Waals surface area contributed by atoms with Gasteiger partial charge in [-0.05, 0) is 19.8 Å². The van der Waals surface area contributed by atoms with Gasteiger partial charge in [-0.2, -0.15) is 4.98 Å². The van der Waals surface area contributed by atoms with Crippen molar-refractivity contribution < 1.29 is 13.8 Å². The molecule has 3 heterocycles. The first-order valence-electron chi connectivity index (χ1n) is 6.16. The summed E-state index contributed by atoms with van der Waals surface area (Å²) >= 11 is 0. The minimum absolute atomic E-state index is 0.243. The first kappa shape index (κ1) is 11.4. The molecule has 1 aliphatic rings. The summed E-state index contributed by atoms with van der Waals surface area (Å²) in [6.45, 7) is 5.30. The zero-order valence-corrected chi connectivity index (χ0v) is 10.5. The van der Waals surface area contributed by atoms with Gasteiger partial charge in [0.1, 0.15) is 11.3 Å². The summed E-state index contributed by atoms with van der Waals surface area (Å²) in [5.74, 6) is 2.16. The van der Waals surface area contributed by atoms with Gasteiger partial charge in [-0.1, -0.05) is 17.2 Å². The predicted octanol–water partition coefficient (Wildman–Crippen LogP) is 2.10. The molecule has 2 aromatic rings. The van der Waals surface area contributed by atoms with Crippen molar-refractivity contribution in [3.8, 4) is 11.5 Å². The lowest BCUT2D eigenvalue weighted by Gasteiger charge is -1.97. The lowest BCUT2D eigenvalue weighted by molar-refractivity contribution is 0.192. The summed E-state index contributed by atoms with van der Waals surface area (Å²) in [6.07, 6.45) is 1.72. The topological polar surface area (TPSA) is 74.2 Å². The molecule has 0 saturated carbocycles. The van der Waals surface area contributed by atoms with Crippen LogP contribution in [-0.2, 0) is 11.2 Å². The molecule has 6 nitrogen and oxygen atoms in total. The fourth-order valence-electron chi connectivity index (χ4n) is 2.17. The van der Waals surface area contributed by atoms with Crippen molar-refractivity contribution in [2.24, 2.45) is 0 Å². The van der Waals surface area contributed by atoms with E-state index in [1.165, 1.54) is 0 Å². The van der Waals surface area contributed by atoms with Crippen molar-refractivity contribution in [1.29, 1.82) is 0 Å². The van der Waals surface area contributed by atoms with Crippen molar-refractivity contribution in [1.82, 2.24) is 15.3 Å². The Bertz CT molecular complexity index is 541. The van der Waals surface area contributed by atoms with Gasteiger partial charge in [0.2, 0.25) is 0 Å². The number of rotatable bonds is 3. The Morgan fingerprint density at radius 2 is 2.17 bits per heavy atom. The van der Waals surface area contributed by atoms with Gasteiger partial charge in [-0.3, -0.25) is 0 Å². The molecule has 3 rings (SSSR count). The molecule has 1 atom stereocenters. The summed E-state index contributed by atoms with van der Waals surface area (Å²) in [5, 5.41) is 8.03. The van der Waals surface area contributed by atoms with Crippen LogP contribution in [0.1, 0.15) is 36.5 Å². The Kier molecular flexibility index (Phi) is 2.87. The van der Waals surface area contributed by atoms with E-state index in [2.05, 4.69) is 15.3 Å². The molecular weight excluding hydrogens is 234 g/mol. The third-order valence-corrected chi connectivity index (χ3v) is 3.22. The van der Waals surface area contributed by atoms with Crippen molar-refractivity contribution in [3.63, 3.8) is 0 Å². The third-order valence-electron chi connectivity index (χ3n) is 3.22. The van der Waals surface area contributed by atoms with Gasteiger partial charge < -0.3 is 13.8 Å². The highest BCUT2D eigenvalue weighted by molar-refractivity contribution is 5.58. The maximum atomic E-state index is 5.33. The Hall–Kier alpha value is -1.69. The predicted molar refractivity (Wildman–Crippen MR) is 62.1 cm³/mol. The molecule has 0 bridgehead atoms. The molecule has 0 aliphatic carbocycles. The third kappa shape index (κ3) is 1.82. The van der Waals surface area contributed by atoms with E-state index in [-0.39, 0.29) is 5.92 Å². The Morgan fingerprint density at radius 3 is 2.89 bits per heavy atom. The molecule has 0 spiro atoms. The fourth-order valence-corrected chi connectivity index (χ4v) is 2.17. The Labute approximate surface area is 104 Å². The van der Waals surface area contributed by atoms with Crippen LogP contribution in [-0.4, -0.2) is 28.5 Å². The molecule has 96 valence electrons. The summed E-state index contributed by atoms with van der Waals surface area (Å²) in [7, 11) is 0. The highest BCUT2D eigenvalue weighted by Gasteiger charge is 2.25. The van der Waals surface area contributed by atoms with Crippen LogP contribution in [0.3, 0.4) is 0 Å². The van der Waals surface area contributed by atoms with E-state index in [0.29, 0.717) is 24.1 Å². The number of nitrogens with zero attached hydrogens (tertiary/aromatic N) is 3. The van der Waals surface area contributed by atoms with Crippen LogP contribution in [0.4, 0.5) is 0 Å². The molecule has 0 radical (unpaired) electrons. The molecular formula is C12H15N3O3. The van der Waals surface area contributed by atoms with E-state index < -0.39 is 0 Å². The van der Waals surface area contributed by atoms with Gasteiger partial charge in [0.15, 0.2) is 5.82 Å². The van der Waals surface area contributed by atoms with Crippen LogP contribution in [0, 0.1) is 6.92 Å². The molecule has 18 heavy (non-hydrogen) atoms. The largest absolute Gasteiger partial charge is 0.381 e. The first-order valence-corrected chi connectivity index (χ1v) is 6.16. The molecule has 1 aliphatic heterocycles. The standard InChI is InChI=1S/C12H15N3O3/c1-3-9-10(7(2)17-14-9)12-13-11(15-18-12)8-4-5-16-6-8/h8H,3-6H2,1-2H3/t8-/m0/s1. The number of aryl methyl sites for hydroxylation is 2. The zero-order chi connectivity index (χ0) is 12.5. The Balaban J connectivity index is 1.94. The summed E-state index contributed by atoms with van der Waals surface area (Å²) < 4.78 is 15.8. The highest BCUT2D eigenvalue weighted by atomic mass is 16.5. The molecule has 0 unspecified atom stereocenters. The molecule has 0 aromatic carbocycles. The van der Waals surface area contributed by atoms with Crippen LogP contribution < -0.4 is 0 Å². The second kappa shape index (κ2) is 4.53. The van der Waals surface area contributed by atoms with Gasteiger partial charge in [-0.25, -0.2) is 0 Å². The van der Waals surface area contributed by atoms with Crippen LogP contribution in [0.2, 0.25) is 0 Å². The summed E-state index contributed by atoms with van der Waals surface area (Å²) in [6, 6.07) is 0. The maximum Gasteiger partial charge on any atom is 0.263 e. The van der Waals surface area contributed by atoms with Crippen LogP contribution in [0.5, 0.6) is 0 Å². The highest BCUT2D eigenvalue weighted by Crippen LogP contribution is 2.29. The number of aromatic nitrogens is 3. The van der Waals surface area contributed by atoms with Crippen LogP contribution in [0.15, 0.2) is 9.05 Å². The number of ether oxygens (including phenoxy) is 1. The zero-order valence-electron chi connectivity index (χ0n) is 10.5. The van der Waals surface area contributed by atoms with E-state index >= 15 is 0 Å². The molecule has 0 amide bonds. The minimum atomic E-state index is 0.243. The van der Waals surface area contributed by atoms with Crippen LogP contribution >= 0.6 is 0 Å². The SMILES string of the molecule is CCc1noc(C)c1-c1nc([C@H]2CCOC2)no1. The average molecular weight is 249 g/mol. The monoisotopic (exact) mass is 249 g/mol. The second-order valence-corrected chi connectivity index (χ2v) is 4.43. The van der Waals surface area contributed by atoms with E-state index in [0.717, 1.165) is 30.7 Å². The molecule has 2 aromatic heterocycles. The summed E-state index contributed by atoms with van der Waals surface area (Å²) in [5.41, 5.74) is 1.68. The Morgan fingerprint density at radius 1 is 1.28 bits per heavy atom. The molecule has 0 N–H and O–H groups in total. The maximum absolute atomic E-state index is 5.33. The molecule has 1 saturated heterocycles. The quantitative estimate of drug-likeness (QED) is 0.829. The van der Waals surface area contributed by atoms with E-state index in [1.54, 1.807) is 0 Å². The number of hydrogen-bond acceptors (Lipinski definition) is 6. The van der Waals surface area contributed by atoms with Crippen molar-refractivity contribution in [2.45, 2.75) is 32.6 Å². The van der Waals surface area contributed by atoms with Crippen molar-refractivity contribution >= 4 is 0 Å². The van der Waals surface area contributed by atoms with E-state index in [1.807, 2.05) is 13.8 Å². The average Bonchev–Trinajstić information content (AvgIpc) is 3.07. The minimum Gasteiger partial charge on any atom is -0.381 e. The smallest absolute Gasteiger partial charge is 0.263 e. The molecule has 6 heteroatoms. The summed E-state index contributed by atoms with van der Waals surface area (Å²) in [4.78, 5) is 4.45. The van der Waals surface area contributed by atoms with Gasteiger partial charge in [0.25, 0.3) is 5.89 Å². The van der Waals surface area contributed by atoms with Crippen molar-refractivity contribution in [2.75, 3.05) is 13.2 Å². The van der Waals surface area contributed by atoms with E-state index in [4.69, 9.17) is 13.8 Å². The fraction of sp³-hybridized carbons (Fsp3) is 0.583.